The Morgan fingerprint density at radius 2 is 2.00 bits per heavy atom. The maximum Gasteiger partial charge on any atom is 0.332 e. The van der Waals surface area contributed by atoms with E-state index in [9.17, 15) is 9.59 Å². The van der Waals surface area contributed by atoms with Gasteiger partial charge in [-0.15, -0.1) is 5.73 Å². The highest BCUT2D eigenvalue weighted by atomic mass is 16.5. The Labute approximate surface area is 210 Å². The molecule has 8 nitrogen and oxygen atoms in total. The number of amides is 1. The van der Waals surface area contributed by atoms with Gasteiger partial charge in [0.25, 0.3) is 5.91 Å². The average Bonchev–Trinajstić information content (AvgIpc) is 2.89. The number of carboxylic acid groups (broad SMARTS) is 1. The molecule has 1 aliphatic carbocycles. The van der Waals surface area contributed by atoms with Crippen molar-refractivity contribution < 1.29 is 24.2 Å². The van der Waals surface area contributed by atoms with E-state index >= 15 is 0 Å². The molecular formula is C28H31N3O5. The predicted molar refractivity (Wildman–Crippen MR) is 138 cm³/mol. The summed E-state index contributed by atoms with van der Waals surface area (Å²) in [6.07, 6.45) is 6.60. The number of aromatic nitrogens is 1. The van der Waals surface area contributed by atoms with Crippen LogP contribution >= 0.6 is 0 Å². The van der Waals surface area contributed by atoms with E-state index in [1.807, 2.05) is 42.5 Å². The van der Waals surface area contributed by atoms with Crippen molar-refractivity contribution in [2.45, 2.75) is 38.9 Å². The lowest BCUT2D eigenvalue weighted by Crippen LogP contribution is -2.39. The van der Waals surface area contributed by atoms with E-state index in [4.69, 9.17) is 14.6 Å². The summed E-state index contributed by atoms with van der Waals surface area (Å²) < 4.78 is 11.2. The van der Waals surface area contributed by atoms with Crippen molar-refractivity contribution in [3.8, 4) is 5.75 Å². The van der Waals surface area contributed by atoms with Gasteiger partial charge >= 0.3 is 5.97 Å². The van der Waals surface area contributed by atoms with Crippen LogP contribution in [0.5, 0.6) is 5.75 Å². The first kappa shape index (κ1) is 25.2. The summed E-state index contributed by atoms with van der Waals surface area (Å²) in [7, 11) is 1.57. The number of rotatable bonds is 8. The number of carboxylic acids is 1. The van der Waals surface area contributed by atoms with Crippen molar-refractivity contribution in [1.29, 1.82) is 0 Å². The molecule has 188 valence electrons. The van der Waals surface area contributed by atoms with E-state index in [0.717, 1.165) is 37.2 Å². The minimum atomic E-state index is -0.948. The highest BCUT2D eigenvalue weighted by Crippen LogP contribution is 2.32. The molecule has 2 N–H and O–H groups in total. The van der Waals surface area contributed by atoms with Crippen molar-refractivity contribution in [1.82, 2.24) is 4.98 Å². The number of hydrogen-bond donors (Lipinski definition) is 2. The van der Waals surface area contributed by atoms with Crippen molar-refractivity contribution in [2.75, 3.05) is 30.4 Å². The number of anilines is 2. The van der Waals surface area contributed by atoms with Crippen LogP contribution in [0.25, 0.3) is 5.57 Å². The Kier molecular flexibility index (Phi) is 7.88. The number of methoxy groups -OCH3 is 1. The minimum absolute atomic E-state index is 0.0742. The van der Waals surface area contributed by atoms with Crippen LogP contribution < -0.4 is 15.0 Å². The second kappa shape index (κ2) is 11.2. The summed E-state index contributed by atoms with van der Waals surface area (Å²) in [4.78, 5) is 30.7. The third-order valence-corrected chi connectivity index (χ3v) is 6.31. The van der Waals surface area contributed by atoms with Crippen molar-refractivity contribution in [3.63, 3.8) is 0 Å². The summed E-state index contributed by atoms with van der Waals surface area (Å²) in [6.45, 7) is 5.11. The number of ether oxygens (including phenoxy) is 2. The molecule has 0 saturated carbocycles. The smallest absolute Gasteiger partial charge is 0.332 e. The van der Waals surface area contributed by atoms with Gasteiger partial charge in [-0.3, -0.25) is 4.79 Å². The van der Waals surface area contributed by atoms with Gasteiger partial charge in [0.05, 0.1) is 24.6 Å². The third-order valence-electron chi connectivity index (χ3n) is 6.31. The van der Waals surface area contributed by atoms with Crippen LogP contribution in [-0.4, -0.2) is 54.4 Å². The summed E-state index contributed by atoms with van der Waals surface area (Å²) >= 11 is 0. The molecule has 0 unspecified atom stereocenters. The Morgan fingerprint density at radius 1 is 1.22 bits per heavy atom. The molecule has 1 aromatic carbocycles. The molecule has 2 atom stereocenters. The number of pyridine rings is 1. The predicted octanol–water partition coefficient (Wildman–Crippen LogP) is 4.55. The second-order valence-electron chi connectivity index (χ2n) is 8.99. The van der Waals surface area contributed by atoms with Crippen molar-refractivity contribution >= 4 is 28.8 Å². The number of allylic oxidation sites excluding steroid dienone is 3. The summed E-state index contributed by atoms with van der Waals surface area (Å²) in [5.41, 5.74) is 6.58. The van der Waals surface area contributed by atoms with E-state index in [-0.39, 0.29) is 12.0 Å². The van der Waals surface area contributed by atoms with E-state index in [1.54, 1.807) is 20.1 Å². The lowest BCUT2D eigenvalue weighted by Gasteiger charge is -2.34. The third kappa shape index (κ3) is 6.03. The number of carbonyl (C=O) groups is 2. The van der Waals surface area contributed by atoms with Crippen LogP contribution in [0.4, 0.5) is 11.4 Å². The van der Waals surface area contributed by atoms with Crippen molar-refractivity contribution in [3.05, 3.63) is 71.7 Å². The van der Waals surface area contributed by atoms with Crippen LogP contribution in [0, 0.1) is 5.92 Å². The maximum atomic E-state index is 13.0. The Hall–Kier alpha value is -3.87. The first-order valence-corrected chi connectivity index (χ1v) is 12.1. The molecule has 0 radical (unpaired) electrons. The molecule has 0 bridgehead atoms. The fourth-order valence-electron chi connectivity index (χ4n) is 4.21. The number of nitrogens with zero attached hydrogens (tertiary/aromatic N) is 2. The zero-order chi connectivity index (χ0) is 25.7. The first-order valence-electron chi connectivity index (χ1n) is 12.1. The minimum Gasteiger partial charge on any atom is -0.494 e. The average molecular weight is 490 g/mol. The van der Waals surface area contributed by atoms with Gasteiger partial charge in [0.1, 0.15) is 11.4 Å². The lowest BCUT2D eigenvalue weighted by molar-refractivity contribution is -0.153. The van der Waals surface area contributed by atoms with Gasteiger partial charge in [-0.2, -0.15) is 0 Å². The normalized spacial score (nSPS) is 18.5. The Balaban J connectivity index is 1.42. The van der Waals surface area contributed by atoms with Crippen LogP contribution in [0.15, 0.2) is 60.4 Å². The zero-order valence-corrected chi connectivity index (χ0v) is 20.7. The van der Waals surface area contributed by atoms with Gasteiger partial charge in [0.15, 0.2) is 6.10 Å². The van der Waals surface area contributed by atoms with Crippen LogP contribution in [0.2, 0.25) is 0 Å². The maximum absolute atomic E-state index is 13.0. The second-order valence-corrected chi connectivity index (χ2v) is 8.99. The van der Waals surface area contributed by atoms with Gasteiger partial charge in [-0.05, 0) is 62.1 Å². The number of nitrogens with one attached hydrogen (secondary N) is 1. The molecular weight excluding hydrogens is 458 g/mol. The zero-order valence-electron chi connectivity index (χ0n) is 20.7. The van der Waals surface area contributed by atoms with Gasteiger partial charge < -0.3 is 24.8 Å². The van der Waals surface area contributed by atoms with Crippen LogP contribution in [0.1, 0.15) is 42.9 Å². The van der Waals surface area contributed by atoms with E-state index in [2.05, 4.69) is 33.9 Å². The SMILES string of the molecule is COc1cc(N2CCC(O[C@@H](C)C(=O)O)CC2)ccc1NC(=O)c1cccc(C2=C=C[C@@H](C)C=C2)n1. The number of carbonyl (C=O) groups excluding carboxylic acids is 1. The largest absolute Gasteiger partial charge is 0.494 e. The standard InChI is InChI=1S/C28H31N3O5/c1-18-7-9-20(10-8-18)23-5-4-6-25(29-23)27(32)30-24-12-11-21(17-26(24)35-3)31-15-13-22(14-16-31)36-19(2)28(33)34/h4-9,11-12,17-19,22H,13-16H2,1-3H3,(H,30,32)(H,33,34)/t18-,19-/m0/s1. The Morgan fingerprint density at radius 3 is 2.67 bits per heavy atom. The molecule has 1 aromatic heterocycles. The highest BCUT2D eigenvalue weighted by molar-refractivity contribution is 6.04. The number of aliphatic carboxylic acids is 1. The van der Waals surface area contributed by atoms with Crippen molar-refractivity contribution in [2.24, 2.45) is 5.92 Å². The molecule has 4 rings (SSSR count). The van der Waals surface area contributed by atoms with E-state index < -0.39 is 12.1 Å². The van der Waals surface area contributed by atoms with E-state index in [0.29, 0.717) is 28.7 Å². The van der Waals surface area contributed by atoms with Crippen LogP contribution in [-0.2, 0) is 9.53 Å². The molecule has 1 aliphatic heterocycles. The van der Waals surface area contributed by atoms with E-state index in [1.165, 1.54) is 0 Å². The molecule has 1 saturated heterocycles. The molecule has 0 spiro atoms. The molecule has 2 aromatic rings. The number of hydrogen-bond acceptors (Lipinski definition) is 6. The Bertz CT molecular complexity index is 1220. The number of piperidine rings is 1. The molecule has 1 amide bonds. The van der Waals surface area contributed by atoms with Gasteiger partial charge in [0.2, 0.25) is 0 Å². The molecule has 2 aliphatic rings. The van der Waals surface area contributed by atoms with Gasteiger partial charge in [0, 0.05) is 30.4 Å². The van der Waals surface area contributed by atoms with Gasteiger partial charge in [-0.1, -0.05) is 19.1 Å². The quantitative estimate of drug-likeness (QED) is 0.525. The number of benzene rings is 1. The first-order chi connectivity index (χ1) is 17.3. The molecule has 2 heterocycles. The fourth-order valence-corrected chi connectivity index (χ4v) is 4.21. The molecule has 36 heavy (non-hydrogen) atoms. The topological polar surface area (TPSA) is 101 Å². The monoisotopic (exact) mass is 489 g/mol. The summed E-state index contributed by atoms with van der Waals surface area (Å²) in [5.74, 6) is -0.400. The lowest BCUT2D eigenvalue weighted by atomic mass is 10.0. The molecule has 8 heteroatoms. The highest BCUT2D eigenvalue weighted by Gasteiger charge is 2.24. The summed E-state index contributed by atoms with van der Waals surface area (Å²) in [6, 6.07) is 11.0. The van der Waals surface area contributed by atoms with Gasteiger partial charge in [-0.25, -0.2) is 9.78 Å². The summed E-state index contributed by atoms with van der Waals surface area (Å²) in [5, 5.41) is 12.0. The van der Waals surface area contributed by atoms with Crippen LogP contribution in [0.3, 0.4) is 0 Å². The fraction of sp³-hybridized carbons (Fsp3) is 0.357. The molecule has 1 fully saturated rings.